The van der Waals surface area contributed by atoms with Gasteiger partial charge < -0.3 is 30.3 Å². The van der Waals surface area contributed by atoms with Crippen molar-refractivity contribution in [3.8, 4) is 0 Å². The number of hydrogen-bond donors (Lipinski definition) is 4. The molecule has 4 N–H and O–H groups in total. The normalized spacial score (nSPS) is 23.8. The summed E-state index contributed by atoms with van der Waals surface area (Å²) in [5.74, 6) is -1.07. The van der Waals surface area contributed by atoms with E-state index >= 15 is 0 Å². The highest BCUT2D eigenvalue weighted by Crippen LogP contribution is 2.09. The predicted molar refractivity (Wildman–Crippen MR) is 55.4 cm³/mol. The van der Waals surface area contributed by atoms with Crippen molar-refractivity contribution in [1.82, 2.24) is 10.2 Å². The third-order valence-electron chi connectivity index (χ3n) is 2.29. The van der Waals surface area contributed by atoms with Crippen LogP contribution in [0, 0.1) is 0 Å². The topological polar surface area (TPSA) is 119 Å². The van der Waals surface area contributed by atoms with E-state index in [1.807, 2.05) is 0 Å². The average molecular weight is 248 g/mol. The Kier molecular flexibility index (Phi) is 5.13. The zero-order valence-electron chi connectivity index (χ0n) is 9.20. The van der Waals surface area contributed by atoms with Gasteiger partial charge in [-0.25, -0.2) is 9.59 Å². The zero-order chi connectivity index (χ0) is 12.8. The molecule has 0 saturated carbocycles. The Bertz CT molecular complexity index is 275. The Morgan fingerprint density at radius 1 is 1.29 bits per heavy atom. The molecule has 2 amide bonds. The molecule has 2 unspecified atom stereocenters. The molecular weight excluding hydrogens is 232 g/mol. The molecule has 0 aromatic rings. The molecule has 2 atom stereocenters. The molecule has 1 aliphatic rings. The van der Waals surface area contributed by atoms with E-state index in [0.717, 1.165) is 0 Å². The smallest absolute Gasteiger partial charge is 0.329 e. The Morgan fingerprint density at radius 2 is 1.88 bits per heavy atom. The minimum Gasteiger partial charge on any atom is -0.480 e. The maximum atomic E-state index is 11.5. The largest absolute Gasteiger partial charge is 0.480 e. The third-order valence-corrected chi connectivity index (χ3v) is 2.29. The zero-order valence-corrected chi connectivity index (χ0v) is 9.20. The van der Waals surface area contributed by atoms with Gasteiger partial charge in [-0.1, -0.05) is 0 Å². The second-order valence-electron chi connectivity index (χ2n) is 3.72. The van der Waals surface area contributed by atoms with Crippen molar-refractivity contribution >= 4 is 12.0 Å². The van der Waals surface area contributed by atoms with E-state index in [9.17, 15) is 19.8 Å². The average Bonchev–Trinajstić information content (AvgIpc) is 2.58. The highest BCUT2D eigenvalue weighted by molar-refractivity contribution is 5.74. The highest BCUT2D eigenvalue weighted by Gasteiger charge is 2.32. The summed E-state index contributed by atoms with van der Waals surface area (Å²) in [4.78, 5) is 22.8. The number of rotatable bonds is 5. The first-order chi connectivity index (χ1) is 8.00. The lowest BCUT2D eigenvalue weighted by atomic mass is 10.3. The second-order valence-corrected chi connectivity index (χ2v) is 3.72. The lowest BCUT2D eigenvalue weighted by molar-refractivity contribution is -0.142. The number of urea groups is 1. The van der Waals surface area contributed by atoms with Crippen LogP contribution in [0.4, 0.5) is 4.79 Å². The SMILES string of the molecule is O=C(O)COCCNC(=O)N1CC(O)C(O)C1. The van der Waals surface area contributed by atoms with E-state index in [4.69, 9.17) is 9.84 Å². The van der Waals surface area contributed by atoms with Crippen LogP contribution in [0.3, 0.4) is 0 Å². The van der Waals surface area contributed by atoms with Crippen LogP contribution in [0.1, 0.15) is 0 Å². The summed E-state index contributed by atoms with van der Waals surface area (Å²) in [6, 6.07) is -0.417. The van der Waals surface area contributed by atoms with Gasteiger partial charge in [-0.2, -0.15) is 0 Å². The number of carbonyl (C=O) groups is 2. The van der Waals surface area contributed by atoms with E-state index in [1.165, 1.54) is 4.90 Å². The lowest BCUT2D eigenvalue weighted by Gasteiger charge is -2.16. The van der Waals surface area contributed by atoms with Gasteiger partial charge in [0.1, 0.15) is 6.61 Å². The molecule has 0 aromatic heterocycles. The van der Waals surface area contributed by atoms with E-state index < -0.39 is 30.8 Å². The number of nitrogens with zero attached hydrogens (tertiary/aromatic N) is 1. The van der Waals surface area contributed by atoms with Gasteiger partial charge in [0, 0.05) is 6.54 Å². The summed E-state index contributed by atoms with van der Waals surface area (Å²) < 4.78 is 4.72. The fraction of sp³-hybridized carbons (Fsp3) is 0.778. The van der Waals surface area contributed by atoms with Crippen LogP contribution in [-0.2, 0) is 9.53 Å². The van der Waals surface area contributed by atoms with Crippen LogP contribution in [-0.4, -0.2) is 77.3 Å². The number of carboxylic acid groups (broad SMARTS) is 1. The first-order valence-electron chi connectivity index (χ1n) is 5.19. The molecule has 1 saturated heterocycles. The van der Waals surface area contributed by atoms with Crippen molar-refractivity contribution in [2.24, 2.45) is 0 Å². The predicted octanol–water partition coefficient (Wildman–Crippen LogP) is -2.17. The van der Waals surface area contributed by atoms with Crippen molar-refractivity contribution < 1.29 is 29.6 Å². The Balaban J connectivity index is 2.11. The molecule has 1 rings (SSSR count). The quantitative estimate of drug-likeness (QED) is 0.411. The van der Waals surface area contributed by atoms with Crippen LogP contribution >= 0.6 is 0 Å². The number of aliphatic hydroxyl groups is 2. The van der Waals surface area contributed by atoms with Crippen molar-refractivity contribution in [2.45, 2.75) is 12.2 Å². The molecular formula is C9H16N2O6. The van der Waals surface area contributed by atoms with Crippen LogP contribution < -0.4 is 5.32 Å². The molecule has 1 heterocycles. The molecule has 8 nitrogen and oxygen atoms in total. The monoisotopic (exact) mass is 248 g/mol. The number of aliphatic hydroxyl groups excluding tert-OH is 2. The fourth-order valence-electron chi connectivity index (χ4n) is 1.44. The number of amides is 2. The fourth-order valence-corrected chi connectivity index (χ4v) is 1.44. The first-order valence-corrected chi connectivity index (χ1v) is 5.19. The summed E-state index contributed by atoms with van der Waals surface area (Å²) >= 11 is 0. The number of likely N-dealkylation sites (tertiary alicyclic amines) is 1. The standard InChI is InChI=1S/C9H16N2O6/c12-6-3-11(4-7(6)13)9(16)10-1-2-17-5-8(14)15/h6-7,12-13H,1-5H2,(H,10,16)(H,14,15). The lowest BCUT2D eigenvalue weighted by Crippen LogP contribution is -2.40. The van der Waals surface area contributed by atoms with E-state index in [0.29, 0.717) is 0 Å². The summed E-state index contributed by atoms with van der Waals surface area (Å²) in [7, 11) is 0. The van der Waals surface area contributed by atoms with Gasteiger partial charge in [-0.05, 0) is 0 Å². The van der Waals surface area contributed by atoms with Gasteiger partial charge in [-0.15, -0.1) is 0 Å². The number of nitrogens with one attached hydrogen (secondary N) is 1. The Morgan fingerprint density at radius 3 is 2.41 bits per heavy atom. The van der Waals surface area contributed by atoms with Crippen LogP contribution in [0.5, 0.6) is 0 Å². The molecule has 8 heteroatoms. The molecule has 0 bridgehead atoms. The van der Waals surface area contributed by atoms with Gasteiger partial charge in [0.15, 0.2) is 0 Å². The molecule has 0 spiro atoms. The van der Waals surface area contributed by atoms with Gasteiger partial charge >= 0.3 is 12.0 Å². The number of hydrogen-bond acceptors (Lipinski definition) is 5. The minimum absolute atomic E-state index is 0.0863. The number of β-amino-alcohol motifs (C(OH)–C–C–N with tert-alkyl or cyclic N) is 2. The molecule has 1 aliphatic heterocycles. The maximum Gasteiger partial charge on any atom is 0.329 e. The second kappa shape index (κ2) is 6.38. The van der Waals surface area contributed by atoms with Gasteiger partial charge in [0.05, 0.1) is 31.9 Å². The Labute approximate surface area is 97.8 Å². The van der Waals surface area contributed by atoms with E-state index in [2.05, 4.69) is 5.32 Å². The van der Waals surface area contributed by atoms with E-state index in [-0.39, 0.29) is 26.2 Å². The molecule has 0 aliphatic carbocycles. The van der Waals surface area contributed by atoms with Gasteiger partial charge in [0.2, 0.25) is 0 Å². The van der Waals surface area contributed by atoms with Crippen molar-refractivity contribution in [1.29, 1.82) is 0 Å². The highest BCUT2D eigenvalue weighted by atomic mass is 16.5. The van der Waals surface area contributed by atoms with Crippen molar-refractivity contribution in [3.05, 3.63) is 0 Å². The summed E-state index contributed by atoms with van der Waals surface area (Å²) in [5, 5.41) is 29.2. The van der Waals surface area contributed by atoms with Gasteiger partial charge in [-0.3, -0.25) is 0 Å². The van der Waals surface area contributed by atoms with Crippen LogP contribution in [0.25, 0.3) is 0 Å². The number of carbonyl (C=O) groups excluding carboxylic acids is 1. The van der Waals surface area contributed by atoms with E-state index in [1.54, 1.807) is 0 Å². The van der Waals surface area contributed by atoms with Gasteiger partial charge in [0.25, 0.3) is 0 Å². The van der Waals surface area contributed by atoms with Crippen molar-refractivity contribution in [2.75, 3.05) is 32.8 Å². The summed E-state index contributed by atoms with van der Waals surface area (Å²) in [5.41, 5.74) is 0. The Hall–Kier alpha value is -1.38. The van der Waals surface area contributed by atoms with Crippen molar-refractivity contribution in [3.63, 3.8) is 0 Å². The molecule has 1 fully saturated rings. The first kappa shape index (κ1) is 13.7. The summed E-state index contributed by atoms with van der Waals surface area (Å²) in [6.45, 7) is 0.0365. The maximum absolute atomic E-state index is 11.5. The molecule has 0 radical (unpaired) electrons. The third kappa shape index (κ3) is 4.55. The number of aliphatic carboxylic acids is 1. The van der Waals surface area contributed by atoms with Crippen LogP contribution in [0.2, 0.25) is 0 Å². The van der Waals surface area contributed by atoms with Crippen LogP contribution in [0.15, 0.2) is 0 Å². The molecule has 0 aromatic carbocycles. The summed E-state index contributed by atoms with van der Waals surface area (Å²) in [6.07, 6.45) is -1.83. The number of ether oxygens (including phenoxy) is 1. The minimum atomic E-state index is -1.07. The molecule has 17 heavy (non-hydrogen) atoms. The molecule has 98 valence electrons. The number of carboxylic acids is 1.